The number of nitrogens with one attached hydrogen (secondary N) is 1. The van der Waals surface area contributed by atoms with E-state index < -0.39 is 10.0 Å². The van der Waals surface area contributed by atoms with Crippen molar-refractivity contribution in [1.29, 1.82) is 0 Å². The largest absolute Gasteiger partial charge is 0.327 e. The van der Waals surface area contributed by atoms with Gasteiger partial charge < -0.3 is 9.88 Å². The van der Waals surface area contributed by atoms with Crippen LogP contribution in [0.5, 0.6) is 0 Å². The summed E-state index contributed by atoms with van der Waals surface area (Å²) in [5, 5.41) is 3.09. The average molecular weight is 369 g/mol. The van der Waals surface area contributed by atoms with Gasteiger partial charge in [-0.25, -0.2) is 13.4 Å². The van der Waals surface area contributed by atoms with Crippen LogP contribution in [0.25, 0.3) is 0 Å². The Morgan fingerprint density at radius 1 is 1.25 bits per heavy atom. The standard InChI is InChI=1S/C15H17ClN4O3S/c16-12-5-1-2-6-13(12)18-14(21)9-19-10-15(17-11-19)24(22,23)20-7-3-4-8-20/h1-2,5-6,10-11H,3-4,7-9H2,(H,18,21). The third-order valence-electron chi connectivity index (χ3n) is 3.75. The number of carbonyl (C=O) groups excluding carboxylic acids is 1. The number of imidazole rings is 1. The Hall–Kier alpha value is -1.90. The van der Waals surface area contributed by atoms with Crippen molar-refractivity contribution >= 4 is 33.2 Å². The maximum atomic E-state index is 12.4. The number of aromatic nitrogens is 2. The number of halogens is 1. The lowest BCUT2D eigenvalue weighted by Crippen LogP contribution is -2.28. The molecule has 1 aromatic heterocycles. The fourth-order valence-corrected chi connectivity index (χ4v) is 4.17. The molecule has 2 aromatic rings. The second-order valence-electron chi connectivity index (χ2n) is 5.52. The molecule has 1 N–H and O–H groups in total. The Morgan fingerprint density at radius 3 is 2.67 bits per heavy atom. The van der Waals surface area contributed by atoms with Crippen LogP contribution in [-0.4, -0.2) is 41.3 Å². The van der Waals surface area contributed by atoms with Gasteiger partial charge in [0.25, 0.3) is 10.0 Å². The number of para-hydroxylation sites is 1. The number of hydrogen-bond donors (Lipinski definition) is 1. The maximum absolute atomic E-state index is 12.4. The molecule has 2 heterocycles. The zero-order chi connectivity index (χ0) is 17.2. The molecule has 3 rings (SSSR count). The first-order valence-corrected chi connectivity index (χ1v) is 9.35. The van der Waals surface area contributed by atoms with Crippen molar-refractivity contribution in [2.24, 2.45) is 0 Å². The van der Waals surface area contributed by atoms with E-state index in [0.29, 0.717) is 23.8 Å². The Bertz CT molecular complexity index is 844. The Balaban J connectivity index is 1.68. The molecule has 1 aromatic carbocycles. The first kappa shape index (κ1) is 16.9. The van der Waals surface area contributed by atoms with Gasteiger partial charge in [-0.1, -0.05) is 23.7 Å². The minimum absolute atomic E-state index is 0.0325. The highest BCUT2D eigenvalue weighted by Crippen LogP contribution is 2.21. The van der Waals surface area contributed by atoms with Crippen LogP contribution in [-0.2, 0) is 21.4 Å². The van der Waals surface area contributed by atoms with E-state index in [4.69, 9.17) is 11.6 Å². The highest BCUT2D eigenvalue weighted by atomic mass is 35.5. The van der Waals surface area contributed by atoms with Crippen LogP contribution in [0.15, 0.2) is 41.8 Å². The van der Waals surface area contributed by atoms with Crippen molar-refractivity contribution in [3.05, 3.63) is 41.8 Å². The van der Waals surface area contributed by atoms with Gasteiger partial charge in [-0.05, 0) is 25.0 Å². The van der Waals surface area contributed by atoms with E-state index in [1.807, 2.05) is 0 Å². The summed E-state index contributed by atoms with van der Waals surface area (Å²) in [6.07, 6.45) is 4.44. The molecule has 1 saturated heterocycles. The van der Waals surface area contributed by atoms with E-state index in [1.54, 1.807) is 24.3 Å². The quantitative estimate of drug-likeness (QED) is 0.874. The van der Waals surface area contributed by atoms with Gasteiger partial charge in [-0.15, -0.1) is 0 Å². The van der Waals surface area contributed by atoms with Crippen LogP contribution in [0.1, 0.15) is 12.8 Å². The van der Waals surface area contributed by atoms with Crippen LogP contribution in [0, 0.1) is 0 Å². The summed E-state index contributed by atoms with van der Waals surface area (Å²) in [7, 11) is -3.57. The average Bonchev–Trinajstić information content (AvgIpc) is 3.21. The normalized spacial score (nSPS) is 15.5. The molecule has 0 spiro atoms. The maximum Gasteiger partial charge on any atom is 0.262 e. The summed E-state index contributed by atoms with van der Waals surface area (Å²) in [5.41, 5.74) is 0.509. The number of hydrogen-bond acceptors (Lipinski definition) is 4. The van der Waals surface area contributed by atoms with Crippen molar-refractivity contribution in [3.8, 4) is 0 Å². The summed E-state index contributed by atoms with van der Waals surface area (Å²) in [4.78, 5) is 16.0. The molecule has 9 heteroatoms. The highest BCUT2D eigenvalue weighted by Gasteiger charge is 2.29. The monoisotopic (exact) mass is 368 g/mol. The van der Waals surface area contributed by atoms with Crippen molar-refractivity contribution in [2.45, 2.75) is 24.4 Å². The van der Waals surface area contributed by atoms with E-state index in [9.17, 15) is 13.2 Å². The Morgan fingerprint density at radius 2 is 1.96 bits per heavy atom. The summed E-state index contributed by atoms with van der Waals surface area (Å²) < 4.78 is 27.7. The van der Waals surface area contributed by atoms with E-state index >= 15 is 0 Å². The van der Waals surface area contributed by atoms with Gasteiger partial charge in [0.2, 0.25) is 5.91 Å². The molecule has 24 heavy (non-hydrogen) atoms. The molecular formula is C15H17ClN4O3S. The third kappa shape index (κ3) is 3.61. The van der Waals surface area contributed by atoms with E-state index in [-0.39, 0.29) is 17.5 Å². The number of sulfonamides is 1. The molecule has 0 radical (unpaired) electrons. The van der Waals surface area contributed by atoms with E-state index in [2.05, 4.69) is 10.3 Å². The number of nitrogens with zero attached hydrogens (tertiary/aromatic N) is 3. The smallest absolute Gasteiger partial charge is 0.262 e. The molecule has 1 amide bonds. The minimum Gasteiger partial charge on any atom is -0.327 e. The highest BCUT2D eigenvalue weighted by molar-refractivity contribution is 7.89. The zero-order valence-electron chi connectivity index (χ0n) is 12.9. The summed E-state index contributed by atoms with van der Waals surface area (Å²) in [5.74, 6) is -0.314. The van der Waals surface area contributed by atoms with E-state index in [0.717, 1.165) is 12.8 Å². The molecule has 1 aliphatic rings. The predicted octanol–water partition coefficient (Wildman–Crippen LogP) is 1.96. The molecular weight excluding hydrogens is 352 g/mol. The van der Waals surface area contributed by atoms with Crippen molar-refractivity contribution in [2.75, 3.05) is 18.4 Å². The molecule has 0 unspecified atom stereocenters. The van der Waals surface area contributed by atoms with Gasteiger partial charge >= 0.3 is 0 Å². The number of carbonyl (C=O) groups is 1. The Labute approximate surface area is 145 Å². The van der Waals surface area contributed by atoms with Gasteiger partial charge in [-0.3, -0.25) is 4.79 Å². The number of rotatable bonds is 5. The van der Waals surface area contributed by atoms with Gasteiger partial charge in [0.05, 0.1) is 17.0 Å². The van der Waals surface area contributed by atoms with Crippen molar-refractivity contribution in [1.82, 2.24) is 13.9 Å². The summed E-state index contributed by atoms with van der Waals surface area (Å²) >= 11 is 5.99. The Kier molecular flexibility index (Phi) is 4.88. The van der Waals surface area contributed by atoms with E-state index in [1.165, 1.54) is 21.4 Å². The summed E-state index contributed by atoms with van der Waals surface area (Å²) in [6, 6.07) is 6.90. The molecule has 0 saturated carbocycles. The lowest BCUT2D eigenvalue weighted by molar-refractivity contribution is -0.116. The summed E-state index contributed by atoms with van der Waals surface area (Å²) in [6.45, 7) is 0.984. The van der Waals surface area contributed by atoms with Gasteiger partial charge in [0.15, 0.2) is 5.03 Å². The lowest BCUT2D eigenvalue weighted by Gasteiger charge is -2.12. The van der Waals surface area contributed by atoms with Crippen molar-refractivity contribution < 1.29 is 13.2 Å². The molecule has 7 nitrogen and oxygen atoms in total. The molecule has 0 atom stereocenters. The lowest BCUT2D eigenvalue weighted by atomic mass is 10.3. The number of benzene rings is 1. The number of anilines is 1. The molecule has 1 aliphatic heterocycles. The number of amides is 1. The minimum atomic E-state index is -3.57. The second kappa shape index (κ2) is 6.92. The van der Waals surface area contributed by atoms with Crippen LogP contribution >= 0.6 is 11.6 Å². The SMILES string of the molecule is O=C(Cn1cnc(S(=O)(=O)N2CCCC2)c1)Nc1ccccc1Cl. The molecule has 0 aliphatic carbocycles. The topological polar surface area (TPSA) is 84.3 Å². The molecule has 1 fully saturated rings. The van der Waals surface area contributed by atoms with Gasteiger partial charge in [0, 0.05) is 19.3 Å². The zero-order valence-corrected chi connectivity index (χ0v) is 14.4. The predicted molar refractivity (Wildman–Crippen MR) is 90.3 cm³/mol. The van der Waals surface area contributed by atoms with Crippen LogP contribution in [0.2, 0.25) is 5.02 Å². The van der Waals surface area contributed by atoms with Crippen molar-refractivity contribution in [3.63, 3.8) is 0 Å². The van der Waals surface area contributed by atoms with Gasteiger partial charge in [-0.2, -0.15) is 4.31 Å². The fourth-order valence-electron chi connectivity index (χ4n) is 2.54. The van der Waals surface area contributed by atoms with Gasteiger partial charge in [0.1, 0.15) is 6.54 Å². The third-order valence-corrected chi connectivity index (χ3v) is 5.87. The fraction of sp³-hybridized carbons (Fsp3) is 0.333. The first-order chi connectivity index (χ1) is 11.5. The first-order valence-electron chi connectivity index (χ1n) is 7.53. The second-order valence-corrected chi connectivity index (χ2v) is 7.82. The molecule has 128 valence electrons. The van der Waals surface area contributed by atoms with Crippen LogP contribution in [0.4, 0.5) is 5.69 Å². The molecule has 0 bridgehead atoms. The van der Waals surface area contributed by atoms with Crippen LogP contribution in [0.3, 0.4) is 0 Å². The van der Waals surface area contributed by atoms with Crippen LogP contribution < -0.4 is 5.32 Å².